The molecule has 0 spiro atoms. The second kappa shape index (κ2) is 9.74. The monoisotopic (exact) mass is 539 g/mol. The number of rotatable bonds is 6. The predicted molar refractivity (Wildman–Crippen MR) is 143 cm³/mol. The molecule has 1 aromatic carbocycles. The van der Waals surface area contributed by atoms with Crippen molar-refractivity contribution in [3.05, 3.63) is 64.7 Å². The molecule has 0 N–H and O–H groups in total. The standard InChI is InChI=1S/C25H26FN7O2S2/c1-30(25-29-21(16-36-25)17-4-6-19(26)7-5-17)24-20(10-13-27)28-23-9-8-22(31(2)33(23)24)18-11-14-32(15-12-18)37(3,34)35/h4-9,11,16,22H,10,12,14-15H2,1-3H3. The highest BCUT2D eigenvalue weighted by molar-refractivity contribution is 7.88. The van der Waals surface area contributed by atoms with Crippen LogP contribution in [0.15, 0.2) is 47.4 Å². The van der Waals surface area contributed by atoms with Gasteiger partial charge in [0.2, 0.25) is 10.0 Å². The highest BCUT2D eigenvalue weighted by atomic mass is 32.2. The minimum atomic E-state index is -3.23. The normalized spacial score (nSPS) is 17.9. The Morgan fingerprint density at radius 3 is 2.68 bits per heavy atom. The van der Waals surface area contributed by atoms with Gasteiger partial charge in [0.1, 0.15) is 5.82 Å². The third-order valence-electron chi connectivity index (χ3n) is 6.61. The van der Waals surface area contributed by atoms with E-state index in [-0.39, 0.29) is 18.3 Å². The average molecular weight is 540 g/mol. The van der Waals surface area contributed by atoms with E-state index in [1.54, 1.807) is 12.1 Å². The number of benzene rings is 1. The molecule has 37 heavy (non-hydrogen) atoms. The van der Waals surface area contributed by atoms with Gasteiger partial charge in [0, 0.05) is 38.1 Å². The van der Waals surface area contributed by atoms with Gasteiger partial charge in [0.25, 0.3) is 0 Å². The highest BCUT2D eigenvalue weighted by Gasteiger charge is 2.32. The van der Waals surface area contributed by atoms with Crippen molar-refractivity contribution in [3.63, 3.8) is 0 Å². The van der Waals surface area contributed by atoms with E-state index in [0.717, 1.165) is 22.6 Å². The van der Waals surface area contributed by atoms with E-state index >= 15 is 0 Å². The molecule has 2 aromatic heterocycles. The van der Waals surface area contributed by atoms with E-state index in [1.165, 1.54) is 34.0 Å². The number of imidazole rings is 1. The van der Waals surface area contributed by atoms with Gasteiger partial charge in [-0.2, -0.15) is 9.57 Å². The van der Waals surface area contributed by atoms with Gasteiger partial charge in [-0.05, 0) is 42.3 Å². The number of anilines is 2. The summed E-state index contributed by atoms with van der Waals surface area (Å²) in [6, 6.07) is 8.34. The summed E-state index contributed by atoms with van der Waals surface area (Å²) >= 11 is 1.45. The molecule has 3 aromatic rings. The number of fused-ring (bicyclic) bond motifs is 1. The second-order valence-corrected chi connectivity index (χ2v) is 11.8. The Bertz CT molecular complexity index is 1530. The van der Waals surface area contributed by atoms with Gasteiger partial charge in [0.05, 0.1) is 36.2 Å². The Labute approximate surface area is 219 Å². The topological polar surface area (TPSA) is 98.4 Å². The molecule has 0 aliphatic carbocycles. The molecule has 0 saturated carbocycles. The van der Waals surface area contributed by atoms with E-state index in [0.29, 0.717) is 36.2 Å². The molecule has 4 heterocycles. The lowest BCUT2D eigenvalue weighted by atomic mass is 9.99. The van der Waals surface area contributed by atoms with Gasteiger partial charge in [-0.1, -0.05) is 12.2 Å². The van der Waals surface area contributed by atoms with E-state index in [2.05, 4.69) is 17.2 Å². The molecule has 0 amide bonds. The summed E-state index contributed by atoms with van der Waals surface area (Å²) in [4.78, 5) is 11.4. The maximum atomic E-state index is 13.4. The number of likely N-dealkylation sites (N-methyl/N-ethyl adjacent to an activating group) is 1. The molecule has 2 aliphatic heterocycles. The summed E-state index contributed by atoms with van der Waals surface area (Å²) in [6.07, 6.45) is 7.97. The van der Waals surface area contributed by atoms with E-state index in [9.17, 15) is 18.1 Å². The molecule has 1 unspecified atom stereocenters. The Hall–Kier alpha value is -3.53. The first kappa shape index (κ1) is 25.1. The smallest absolute Gasteiger partial charge is 0.211 e. The van der Waals surface area contributed by atoms with Gasteiger partial charge in [-0.3, -0.25) is 0 Å². The summed E-state index contributed by atoms with van der Waals surface area (Å²) in [6.45, 7) is 0.790. The predicted octanol–water partition coefficient (Wildman–Crippen LogP) is 3.53. The number of hydrogen-bond acceptors (Lipinski definition) is 8. The van der Waals surface area contributed by atoms with Crippen molar-refractivity contribution >= 4 is 38.4 Å². The van der Waals surface area contributed by atoms with Crippen LogP contribution in [0.2, 0.25) is 0 Å². The van der Waals surface area contributed by atoms with Crippen molar-refractivity contribution in [2.24, 2.45) is 0 Å². The van der Waals surface area contributed by atoms with Gasteiger partial charge in [-0.15, -0.1) is 11.3 Å². The molecule has 0 bridgehead atoms. The number of hydrogen-bond donors (Lipinski definition) is 0. The number of sulfonamides is 1. The highest BCUT2D eigenvalue weighted by Crippen LogP contribution is 2.36. The number of thiazole rings is 1. The Balaban J connectivity index is 1.48. The molecule has 0 radical (unpaired) electrons. The van der Waals surface area contributed by atoms with Gasteiger partial charge >= 0.3 is 0 Å². The van der Waals surface area contributed by atoms with Crippen molar-refractivity contribution in [2.45, 2.75) is 18.9 Å². The van der Waals surface area contributed by atoms with Gasteiger partial charge in [0.15, 0.2) is 16.8 Å². The first-order valence-electron chi connectivity index (χ1n) is 11.7. The average Bonchev–Trinajstić information content (AvgIpc) is 3.50. The molecule has 12 heteroatoms. The molecule has 0 saturated heterocycles. The minimum absolute atomic E-state index is 0.0865. The first-order valence-corrected chi connectivity index (χ1v) is 14.4. The van der Waals surface area contributed by atoms with Crippen LogP contribution in [0.1, 0.15) is 17.9 Å². The minimum Gasteiger partial charge on any atom is -0.304 e. The van der Waals surface area contributed by atoms with E-state index in [1.807, 2.05) is 41.2 Å². The zero-order valence-corrected chi connectivity index (χ0v) is 22.3. The van der Waals surface area contributed by atoms with Crippen molar-refractivity contribution in [1.29, 1.82) is 5.26 Å². The van der Waals surface area contributed by atoms with Crippen LogP contribution in [0.25, 0.3) is 17.3 Å². The number of nitrogens with zero attached hydrogens (tertiary/aromatic N) is 7. The zero-order valence-electron chi connectivity index (χ0n) is 20.7. The maximum absolute atomic E-state index is 13.4. The third kappa shape index (κ3) is 4.77. The van der Waals surface area contributed by atoms with Crippen LogP contribution in [0, 0.1) is 17.1 Å². The van der Waals surface area contributed by atoms with Crippen LogP contribution < -0.4 is 9.91 Å². The fraction of sp³-hybridized carbons (Fsp3) is 0.320. The summed E-state index contributed by atoms with van der Waals surface area (Å²) < 4.78 is 40.7. The Morgan fingerprint density at radius 1 is 1.27 bits per heavy atom. The van der Waals surface area contributed by atoms with Crippen LogP contribution >= 0.6 is 11.3 Å². The van der Waals surface area contributed by atoms with Gasteiger partial charge in [-0.25, -0.2) is 27.5 Å². The molecular weight excluding hydrogens is 513 g/mol. The first-order chi connectivity index (χ1) is 17.7. The van der Waals surface area contributed by atoms with Crippen LogP contribution in [0.3, 0.4) is 0 Å². The summed E-state index contributed by atoms with van der Waals surface area (Å²) in [5.41, 5.74) is 3.32. The van der Waals surface area contributed by atoms with E-state index < -0.39 is 10.0 Å². The lowest BCUT2D eigenvalue weighted by Crippen LogP contribution is -2.46. The quantitative estimate of drug-likeness (QED) is 0.442. The molecule has 0 fully saturated rings. The fourth-order valence-corrected chi connectivity index (χ4v) is 6.27. The summed E-state index contributed by atoms with van der Waals surface area (Å²) in [5, 5.41) is 14.2. The molecule has 5 rings (SSSR count). The Morgan fingerprint density at radius 2 is 2.03 bits per heavy atom. The van der Waals surface area contributed by atoms with Crippen LogP contribution in [-0.4, -0.2) is 66.8 Å². The van der Waals surface area contributed by atoms with Crippen molar-refractivity contribution in [1.82, 2.24) is 18.9 Å². The maximum Gasteiger partial charge on any atom is 0.211 e. The second-order valence-electron chi connectivity index (χ2n) is 9.00. The molecule has 192 valence electrons. The summed E-state index contributed by atoms with van der Waals surface area (Å²) in [7, 11) is 0.619. The zero-order chi connectivity index (χ0) is 26.3. The Kier molecular flexibility index (Phi) is 6.61. The van der Waals surface area contributed by atoms with Crippen molar-refractivity contribution < 1.29 is 12.8 Å². The lowest BCUT2D eigenvalue weighted by Gasteiger charge is -2.38. The van der Waals surface area contributed by atoms with Crippen molar-refractivity contribution in [3.8, 4) is 17.3 Å². The van der Waals surface area contributed by atoms with E-state index in [4.69, 9.17) is 9.97 Å². The van der Waals surface area contributed by atoms with Gasteiger partial charge < -0.3 is 9.91 Å². The lowest BCUT2D eigenvalue weighted by molar-refractivity contribution is 0.426. The molecule has 2 aliphatic rings. The molecular formula is C25H26FN7O2S2. The molecule has 1 atom stereocenters. The number of halogens is 1. The van der Waals surface area contributed by atoms with Crippen LogP contribution in [-0.2, 0) is 16.4 Å². The van der Waals surface area contributed by atoms with Crippen molar-refractivity contribution in [2.75, 3.05) is 43.3 Å². The SMILES string of the molecule is CN(c1nc(-c2ccc(F)cc2)cs1)c1c(CC#N)nc2n1N(C)C(C1=CCN(S(C)(=O)=O)CC1)C=C2. The molecule has 9 nitrogen and oxygen atoms in total. The van der Waals surface area contributed by atoms with Crippen LogP contribution in [0.4, 0.5) is 15.3 Å². The number of nitriles is 1. The number of aromatic nitrogens is 3. The summed E-state index contributed by atoms with van der Waals surface area (Å²) in [5.74, 6) is 1.14. The fourth-order valence-electron chi connectivity index (χ4n) is 4.70. The third-order valence-corrected chi connectivity index (χ3v) is 8.80. The largest absolute Gasteiger partial charge is 0.304 e. The van der Waals surface area contributed by atoms with Crippen LogP contribution in [0.5, 0.6) is 0 Å².